The van der Waals surface area contributed by atoms with E-state index in [2.05, 4.69) is 4.72 Å². The number of nitrogens with one attached hydrogen (secondary N) is 1. The molecule has 96 valence electrons. The molecule has 5 heteroatoms. The van der Waals surface area contributed by atoms with Crippen molar-refractivity contribution in [1.82, 2.24) is 4.72 Å². The van der Waals surface area contributed by atoms with E-state index in [0.29, 0.717) is 5.69 Å². The van der Waals surface area contributed by atoms with E-state index >= 15 is 0 Å². The zero-order chi connectivity index (χ0) is 13.4. The first-order valence-electron chi connectivity index (χ1n) is 5.43. The van der Waals surface area contributed by atoms with Gasteiger partial charge in [-0.1, -0.05) is 0 Å². The number of nitrogens with two attached hydrogens (primary N) is 1. The molecule has 0 saturated heterocycles. The van der Waals surface area contributed by atoms with Gasteiger partial charge in [0.1, 0.15) is 0 Å². The summed E-state index contributed by atoms with van der Waals surface area (Å²) in [5.41, 5.74) is 7.25. The van der Waals surface area contributed by atoms with Crippen molar-refractivity contribution >= 4 is 15.7 Å². The van der Waals surface area contributed by atoms with Crippen LogP contribution in [0.1, 0.15) is 31.9 Å². The van der Waals surface area contributed by atoms with E-state index < -0.39 is 15.6 Å². The molecule has 3 N–H and O–H groups in total. The Balaban J connectivity index is 3.34. The smallest absolute Gasteiger partial charge is 0.241 e. The molecule has 1 aromatic carbocycles. The van der Waals surface area contributed by atoms with Crippen LogP contribution in [0.4, 0.5) is 5.69 Å². The van der Waals surface area contributed by atoms with Crippen molar-refractivity contribution < 1.29 is 8.42 Å². The number of benzene rings is 1. The minimum absolute atomic E-state index is 0.255. The summed E-state index contributed by atoms with van der Waals surface area (Å²) in [4.78, 5) is 0.255. The number of rotatable bonds is 2. The van der Waals surface area contributed by atoms with Crippen LogP contribution in [-0.4, -0.2) is 14.0 Å². The lowest BCUT2D eigenvalue weighted by Crippen LogP contribution is -2.40. The minimum Gasteiger partial charge on any atom is -0.399 e. The van der Waals surface area contributed by atoms with Crippen LogP contribution in [0, 0.1) is 13.8 Å². The summed E-state index contributed by atoms with van der Waals surface area (Å²) < 4.78 is 27.0. The van der Waals surface area contributed by atoms with E-state index in [0.717, 1.165) is 11.1 Å². The number of anilines is 1. The summed E-state index contributed by atoms with van der Waals surface area (Å²) in [6.07, 6.45) is 0. The molecule has 0 aliphatic heterocycles. The van der Waals surface area contributed by atoms with Crippen molar-refractivity contribution in [2.45, 2.75) is 45.1 Å². The lowest BCUT2D eigenvalue weighted by atomic mass is 10.1. The molecule has 0 aliphatic carbocycles. The van der Waals surface area contributed by atoms with Crippen LogP contribution in [0.25, 0.3) is 0 Å². The average molecular weight is 256 g/mol. The second kappa shape index (κ2) is 4.31. The summed E-state index contributed by atoms with van der Waals surface area (Å²) >= 11 is 0. The molecular formula is C12H20N2O2S. The topological polar surface area (TPSA) is 72.2 Å². The summed E-state index contributed by atoms with van der Waals surface area (Å²) in [6.45, 7) is 9.05. The predicted molar refractivity (Wildman–Crippen MR) is 70.4 cm³/mol. The largest absolute Gasteiger partial charge is 0.399 e. The van der Waals surface area contributed by atoms with Crippen molar-refractivity contribution in [2.75, 3.05) is 5.73 Å². The number of sulfonamides is 1. The van der Waals surface area contributed by atoms with Crippen molar-refractivity contribution in [1.29, 1.82) is 0 Å². The Hall–Kier alpha value is -1.07. The molecule has 0 fully saturated rings. The van der Waals surface area contributed by atoms with Gasteiger partial charge in [-0.2, -0.15) is 0 Å². The fraction of sp³-hybridized carbons (Fsp3) is 0.500. The summed E-state index contributed by atoms with van der Waals surface area (Å²) in [5, 5.41) is 0. The normalized spacial score (nSPS) is 12.8. The Morgan fingerprint density at radius 3 is 2.18 bits per heavy atom. The van der Waals surface area contributed by atoms with E-state index in [1.54, 1.807) is 33.8 Å². The molecule has 0 amide bonds. The van der Waals surface area contributed by atoms with Gasteiger partial charge in [0, 0.05) is 11.2 Å². The van der Waals surface area contributed by atoms with Gasteiger partial charge in [-0.3, -0.25) is 0 Å². The lowest BCUT2D eigenvalue weighted by Gasteiger charge is -2.21. The van der Waals surface area contributed by atoms with Crippen LogP contribution in [0.5, 0.6) is 0 Å². The van der Waals surface area contributed by atoms with Crippen LogP contribution in [0.3, 0.4) is 0 Å². The molecule has 1 aromatic rings. The molecule has 0 aromatic heterocycles. The molecule has 0 unspecified atom stereocenters. The first-order chi connectivity index (χ1) is 7.53. The molecule has 0 aliphatic rings. The number of hydrogen-bond acceptors (Lipinski definition) is 3. The van der Waals surface area contributed by atoms with Gasteiger partial charge < -0.3 is 5.73 Å². The summed E-state index contributed by atoms with van der Waals surface area (Å²) in [7, 11) is -3.52. The highest BCUT2D eigenvalue weighted by Crippen LogP contribution is 2.23. The van der Waals surface area contributed by atoms with E-state index in [4.69, 9.17) is 5.73 Å². The highest BCUT2D eigenvalue weighted by atomic mass is 32.2. The van der Waals surface area contributed by atoms with Gasteiger partial charge in [-0.05, 0) is 57.9 Å². The lowest BCUT2D eigenvalue weighted by molar-refractivity contribution is 0.491. The number of aryl methyl sites for hydroxylation is 1. The number of hydrogen-bond donors (Lipinski definition) is 2. The number of nitrogen functional groups attached to an aromatic ring is 1. The minimum atomic E-state index is -3.52. The summed E-state index contributed by atoms with van der Waals surface area (Å²) in [6, 6.07) is 3.27. The SMILES string of the molecule is Cc1cc(N)cc(S(=O)(=O)NC(C)(C)C)c1C. The zero-order valence-corrected chi connectivity index (χ0v) is 11.8. The third kappa shape index (κ3) is 3.44. The van der Waals surface area contributed by atoms with Crippen molar-refractivity contribution in [3.63, 3.8) is 0 Å². The van der Waals surface area contributed by atoms with Gasteiger partial charge in [-0.15, -0.1) is 0 Å². The monoisotopic (exact) mass is 256 g/mol. The highest BCUT2D eigenvalue weighted by Gasteiger charge is 2.24. The molecule has 1 rings (SSSR count). The Morgan fingerprint density at radius 2 is 1.71 bits per heavy atom. The van der Waals surface area contributed by atoms with Crippen molar-refractivity contribution in [3.8, 4) is 0 Å². The third-order valence-electron chi connectivity index (χ3n) is 2.37. The van der Waals surface area contributed by atoms with E-state index in [-0.39, 0.29) is 4.90 Å². The second-order valence-corrected chi connectivity index (χ2v) is 6.97. The van der Waals surface area contributed by atoms with Gasteiger partial charge in [0.15, 0.2) is 0 Å². The molecule has 0 atom stereocenters. The average Bonchev–Trinajstić information content (AvgIpc) is 2.06. The van der Waals surface area contributed by atoms with Gasteiger partial charge >= 0.3 is 0 Å². The van der Waals surface area contributed by atoms with Gasteiger partial charge in [0.25, 0.3) is 0 Å². The Kier molecular flexibility index (Phi) is 3.55. The van der Waals surface area contributed by atoms with E-state index in [1.807, 2.05) is 6.92 Å². The van der Waals surface area contributed by atoms with Crippen molar-refractivity contribution in [2.24, 2.45) is 0 Å². The first-order valence-corrected chi connectivity index (χ1v) is 6.92. The quantitative estimate of drug-likeness (QED) is 0.795. The maximum absolute atomic E-state index is 12.2. The predicted octanol–water partition coefficient (Wildman–Crippen LogP) is 1.96. The van der Waals surface area contributed by atoms with Crippen LogP contribution in [-0.2, 0) is 10.0 Å². The van der Waals surface area contributed by atoms with Crippen LogP contribution in [0.2, 0.25) is 0 Å². The van der Waals surface area contributed by atoms with Gasteiger partial charge in [0.2, 0.25) is 10.0 Å². The molecule has 4 nitrogen and oxygen atoms in total. The maximum atomic E-state index is 12.2. The molecular weight excluding hydrogens is 236 g/mol. The molecule has 0 radical (unpaired) electrons. The van der Waals surface area contributed by atoms with E-state index in [9.17, 15) is 8.42 Å². The van der Waals surface area contributed by atoms with Crippen LogP contribution in [0.15, 0.2) is 17.0 Å². The van der Waals surface area contributed by atoms with Gasteiger partial charge in [0.05, 0.1) is 4.90 Å². The molecule has 0 spiro atoms. The third-order valence-corrected chi connectivity index (χ3v) is 4.26. The molecule has 17 heavy (non-hydrogen) atoms. The second-order valence-electron chi connectivity index (χ2n) is 5.32. The van der Waals surface area contributed by atoms with E-state index in [1.165, 1.54) is 6.07 Å². The highest BCUT2D eigenvalue weighted by molar-refractivity contribution is 7.89. The Morgan fingerprint density at radius 1 is 1.18 bits per heavy atom. The van der Waals surface area contributed by atoms with Crippen molar-refractivity contribution in [3.05, 3.63) is 23.3 Å². The fourth-order valence-electron chi connectivity index (χ4n) is 1.59. The standard InChI is InChI=1S/C12H20N2O2S/c1-8-6-10(13)7-11(9(8)2)17(15,16)14-12(3,4)5/h6-7,14H,13H2,1-5H3. The molecule has 0 heterocycles. The maximum Gasteiger partial charge on any atom is 0.241 e. The summed E-state index contributed by atoms with van der Waals surface area (Å²) in [5.74, 6) is 0. The molecule has 0 saturated carbocycles. The van der Waals surface area contributed by atoms with Gasteiger partial charge in [-0.25, -0.2) is 13.1 Å². The molecule has 0 bridgehead atoms. The first kappa shape index (κ1) is 14.0. The Bertz CT molecular complexity index is 528. The Labute approximate surface area is 103 Å². The zero-order valence-electron chi connectivity index (χ0n) is 11.0. The van der Waals surface area contributed by atoms with Crippen LogP contribution >= 0.6 is 0 Å². The fourth-order valence-corrected chi connectivity index (χ4v) is 3.36. The van der Waals surface area contributed by atoms with Crippen LogP contribution < -0.4 is 10.5 Å².